The van der Waals surface area contributed by atoms with Gasteiger partial charge in [0.2, 0.25) is 10.0 Å². The molecule has 0 aromatic carbocycles. The third-order valence-electron chi connectivity index (χ3n) is 3.26. The molecule has 1 aliphatic heterocycles. The topological polar surface area (TPSA) is 62.3 Å². The summed E-state index contributed by atoms with van der Waals surface area (Å²) in [6, 6.07) is 1.55. The van der Waals surface area contributed by atoms with Gasteiger partial charge in [-0.1, -0.05) is 6.92 Å². The molecule has 0 bridgehead atoms. The molecule has 5 nitrogen and oxygen atoms in total. The molecule has 0 amide bonds. The highest BCUT2D eigenvalue weighted by Crippen LogP contribution is 2.16. The average molecular weight is 348 g/mol. The first-order chi connectivity index (χ1) is 9.01. The Morgan fingerprint density at radius 1 is 1.53 bits per heavy atom. The molecule has 0 unspecified atom stereocenters. The highest BCUT2D eigenvalue weighted by molar-refractivity contribution is 9.10. The van der Waals surface area contributed by atoms with Crippen molar-refractivity contribution in [3.8, 4) is 0 Å². The van der Waals surface area contributed by atoms with E-state index in [1.807, 2.05) is 0 Å². The summed E-state index contributed by atoms with van der Waals surface area (Å²) in [5.41, 5.74) is 0. The van der Waals surface area contributed by atoms with Crippen LogP contribution in [-0.4, -0.2) is 44.0 Å². The van der Waals surface area contributed by atoms with Crippen molar-refractivity contribution < 1.29 is 8.42 Å². The van der Waals surface area contributed by atoms with Crippen LogP contribution in [0.15, 0.2) is 27.8 Å². The molecule has 2 rings (SSSR count). The van der Waals surface area contributed by atoms with Crippen LogP contribution in [0.4, 0.5) is 0 Å². The van der Waals surface area contributed by atoms with Crippen LogP contribution < -0.4 is 4.72 Å². The Bertz CT molecular complexity index is 536. The number of rotatable bonds is 4. The molecule has 0 aliphatic carbocycles. The molecule has 2 heterocycles. The molecule has 0 radical (unpaired) electrons. The maximum absolute atomic E-state index is 12.3. The van der Waals surface area contributed by atoms with E-state index < -0.39 is 10.0 Å². The number of pyridine rings is 1. The molecule has 1 aromatic heterocycles. The molecule has 0 spiro atoms. The molecule has 19 heavy (non-hydrogen) atoms. The molecular formula is C12H18BrN3O2S. The lowest BCUT2D eigenvalue weighted by Crippen LogP contribution is -2.47. The predicted molar refractivity (Wildman–Crippen MR) is 77.4 cm³/mol. The summed E-state index contributed by atoms with van der Waals surface area (Å²) in [6.07, 6.45) is 4.85. The Morgan fingerprint density at radius 3 is 3.00 bits per heavy atom. The Balaban J connectivity index is 2.09. The molecule has 0 saturated carbocycles. The molecule has 1 aromatic rings. The van der Waals surface area contributed by atoms with Crippen LogP contribution in [0, 0.1) is 0 Å². The first kappa shape index (κ1) is 14.9. The number of aromatic nitrogens is 1. The zero-order valence-electron chi connectivity index (χ0n) is 10.8. The molecule has 1 N–H and O–H groups in total. The van der Waals surface area contributed by atoms with Gasteiger partial charge in [-0.2, -0.15) is 0 Å². The SMILES string of the molecule is CCN1CCC[C@H](NS(=O)(=O)c2cncc(Br)c2)C1. The minimum absolute atomic E-state index is 0.0160. The fraction of sp³-hybridized carbons (Fsp3) is 0.583. The maximum atomic E-state index is 12.3. The van der Waals surface area contributed by atoms with E-state index in [1.165, 1.54) is 6.20 Å². The minimum atomic E-state index is -3.48. The Kier molecular flexibility index (Phi) is 4.94. The van der Waals surface area contributed by atoms with E-state index in [4.69, 9.17) is 0 Å². The van der Waals surface area contributed by atoms with Gasteiger partial charge >= 0.3 is 0 Å². The molecule has 106 valence electrons. The first-order valence-corrected chi connectivity index (χ1v) is 8.64. The van der Waals surface area contributed by atoms with E-state index in [2.05, 4.69) is 37.5 Å². The van der Waals surface area contributed by atoms with Crippen LogP contribution in [0.3, 0.4) is 0 Å². The number of likely N-dealkylation sites (tertiary alicyclic amines) is 1. The second kappa shape index (κ2) is 6.30. The molecule has 1 saturated heterocycles. The lowest BCUT2D eigenvalue weighted by molar-refractivity contribution is 0.211. The number of halogens is 1. The standard InChI is InChI=1S/C12H18BrN3O2S/c1-2-16-5-3-4-11(9-16)15-19(17,18)12-6-10(13)7-14-8-12/h6-8,11,15H,2-5,9H2,1H3/t11-/m0/s1. The van der Waals surface area contributed by atoms with Crippen molar-refractivity contribution >= 4 is 26.0 Å². The lowest BCUT2D eigenvalue weighted by Gasteiger charge is -2.32. The van der Waals surface area contributed by atoms with E-state index in [9.17, 15) is 8.42 Å². The number of hydrogen-bond donors (Lipinski definition) is 1. The van der Waals surface area contributed by atoms with Gasteiger partial charge in [0.05, 0.1) is 0 Å². The summed E-state index contributed by atoms with van der Waals surface area (Å²) in [6.45, 7) is 4.87. The third kappa shape index (κ3) is 3.98. The number of likely N-dealkylation sites (N-methyl/N-ethyl adjacent to an activating group) is 1. The molecular weight excluding hydrogens is 330 g/mol. The summed E-state index contributed by atoms with van der Waals surface area (Å²) < 4.78 is 27.9. The van der Waals surface area contributed by atoms with Gasteiger partial charge in [-0.05, 0) is 47.9 Å². The van der Waals surface area contributed by atoms with Crippen LogP contribution in [0.1, 0.15) is 19.8 Å². The van der Waals surface area contributed by atoms with Crippen LogP contribution in [0.25, 0.3) is 0 Å². The molecule has 7 heteroatoms. The molecule has 1 atom stereocenters. The smallest absolute Gasteiger partial charge is 0.242 e. The van der Waals surface area contributed by atoms with Crippen molar-refractivity contribution in [3.05, 3.63) is 22.9 Å². The van der Waals surface area contributed by atoms with E-state index in [-0.39, 0.29) is 10.9 Å². The predicted octanol–water partition coefficient (Wildman–Crippen LogP) is 1.61. The number of sulfonamides is 1. The molecule has 1 aliphatic rings. The van der Waals surface area contributed by atoms with E-state index in [1.54, 1.807) is 12.3 Å². The number of hydrogen-bond acceptors (Lipinski definition) is 4. The average Bonchev–Trinajstić information content (AvgIpc) is 2.38. The van der Waals surface area contributed by atoms with Crippen molar-refractivity contribution in [3.63, 3.8) is 0 Å². The van der Waals surface area contributed by atoms with E-state index in [0.29, 0.717) is 4.47 Å². The monoisotopic (exact) mass is 347 g/mol. The number of nitrogens with one attached hydrogen (secondary N) is 1. The number of piperidine rings is 1. The highest BCUT2D eigenvalue weighted by atomic mass is 79.9. The maximum Gasteiger partial charge on any atom is 0.242 e. The second-order valence-electron chi connectivity index (χ2n) is 4.69. The van der Waals surface area contributed by atoms with Gasteiger partial charge in [-0.3, -0.25) is 4.98 Å². The van der Waals surface area contributed by atoms with Gasteiger partial charge in [0, 0.05) is 29.5 Å². The normalized spacial score (nSPS) is 21.5. The first-order valence-electron chi connectivity index (χ1n) is 6.36. The van der Waals surface area contributed by atoms with Crippen LogP contribution in [0.2, 0.25) is 0 Å². The Morgan fingerprint density at radius 2 is 2.32 bits per heavy atom. The summed E-state index contributed by atoms with van der Waals surface area (Å²) >= 11 is 3.24. The van der Waals surface area contributed by atoms with Gasteiger partial charge in [0.25, 0.3) is 0 Å². The van der Waals surface area contributed by atoms with Crippen LogP contribution >= 0.6 is 15.9 Å². The van der Waals surface area contributed by atoms with Crippen molar-refractivity contribution in [1.29, 1.82) is 0 Å². The van der Waals surface area contributed by atoms with Crippen LogP contribution in [-0.2, 0) is 10.0 Å². The van der Waals surface area contributed by atoms with Crippen molar-refractivity contribution in [2.75, 3.05) is 19.6 Å². The van der Waals surface area contributed by atoms with Crippen molar-refractivity contribution in [2.24, 2.45) is 0 Å². The van der Waals surface area contributed by atoms with Crippen molar-refractivity contribution in [2.45, 2.75) is 30.7 Å². The zero-order valence-corrected chi connectivity index (χ0v) is 13.2. The quantitative estimate of drug-likeness (QED) is 0.898. The van der Waals surface area contributed by atoms with E-state index >= 15 is 0 Å². The second-order valence-corrected chi connectivity index (χ2v) is 7.32. The van der Waals surface area contributed by atoms with Gasteiger partial charge in [0.15, 0.2) is 0 Å². The van der Waals surface area contributed by atoms with Gasteiger partial charge in [0.1, 0.15) is 4.90 Å². The summed E-state index contributed by atoms with van der Waals surface area (Å²) in [4.78, 5) is 6.36. The van der Waals surface area contributed by atoms with E-state index in [0.717, 1.165) is 32.5 Å². The fourth-order valence-corrected chi connectivity index (χ4v) is 4.03. The highest BCUT2D eigenvalue weighted by Gasteiger charge is 2.24. The summed E-state index contributed by atoms with van der Waals surface area (Å²) in [7, 11) is -3.48. The van der Waals surface area contributed by atoms with Gasteiger partial charge in [-0.25, -0.2) is 13.1 Å². The Hall–Kier alpha value is -0.500. The third-order valence-corrected chi connectivity index (χ3v) is 5.19. The molecule has 1 fully saturated rings. The zero-order chi connectivity index (χ0) is 13.9. The largest absolute Gasteiger partial charge is 0.302 e. The van der Waals surface area contributed by atoms with Crippen molar-refractivity contribution in [1.82, 2.24) is 14.6 Å². The fourth-order valence-electron chi connectivity index (χ4n) is 2.27. The van der Waals surface area contributed by atoms with Crippen LogP contribution in [0.5, 0.6) is 0 Å². The van der Waals surface area contributed by atoms with Gasteiger partial charge in [-0.15, -0.1) is 0 Å². The summed E-state index contributed by atoms with van der Waals surface area (Å²) in [5.74, 6) is 0. The lowest BCUT2D eigenvalue weighted by atomic mass is 10.1. The Labute approximate surface area is 122 Å². The van der Waals surface area contributed by atoms with Gasteiger partial charge < -0.3 is 4.90 Å². The number of nitrogens with zero attached hydrogens (tertiary/aromatic N) is 2. The minimum Gasteiger partial charge on any atom is -0.302 e. The summed E-state index contributed by atoms with van der Waals surface area (Å²) in [5, 5.41) is 0.